The molecule has 0 bridgehead atoms. The fourth-order valence-corrected chi connectivity index (χ4v) is 5.41. The number of hydrogen-bond acceptors (Lipinski definition) is 7. The van der Waals surface area contributed by atoms with Gasteiger partial charge in [0.25, 0.3) is 10.0 Å². The third-order valence-corrected chi connectivity index (χ3v) is 7.78. The van der Waals surface area contributed by atoms with Gasteiger partial charge in [0.15, 0.2) is 5.03 Å². The lowest BCUT2D eigenvalue weighted by Crippen LogP contribution is -2.46. The fourth-order valence-electron chi connectivity index (χ4n) is 4.38. The van der Waals surface area contributed by atoms with Crippen LogP contribution >= 0.6 is 37.2 Å². The molecule has 0 aliphatic heterocycles. The van der Waals surface area contributed by atoms with Gasteiger partial charge in [0.05, 0.1) is 11.9 Å². The van der Waals surface area contributed by atoms with Gasteiger partial charge in [0, 0.05) is 44.1 Å². The zero-order valence-electron chi connectivity index (χ0n) is 24.5. The van der Waals surface area contributed by atoms with Crippen molar-refractivity contribution in [2.24, 2.45) is 12.8 Å². The molecule has 2 atom stereocenters. The van der Waals surface area contributed by atoms with E-state index in [-0.39, 0.29) is 66.5 Å². The number of nitrogens with zero attached hydrogens (tertiary/aromatic N) is 2. The van der Waals surface area contributed by atoms with Crippen molar-refractivity contribution in [3.8, 4) is 0 Å². The molecule has 4 aromatic rings. The average Bonchev–Trinajstić information content (AvgIpc) is 3.39. The number of esters is 1. The summed E-state index contributed by atoms with van der Waals surface area (Å²) >= 11 is 0. The van der Waals surface area contributed by atoms with Gasteiger partial charge in [-0.15, -0.1) is 37.2 Å². The molecule has 9 nitrogen and oxygen atoms in total. The highest BCUT2D eigenvalue weighted by Crippen LogP contribution is 2.18. The molecule has 45 heavy (non-hydrogen) atoms. The highest BCUT2D eigenvalue weighted by Gasteiger charge is 2.25. The van der Waals surface area contributed by atoms with Gasteiger partial charge >= 0.3 is 5.97 Å². The summed E-state index contributed by atoms with van der Waals surface area (Å²) < 4.78 is 62.6. The third kappa shape index (κ3) is 11.6. The first-order chi connectivity index (χ1) is 20.0. The number of sulfonamides is 1. The number of aromatic nitrogens is 2. The molecular formula is C30H36Cl3F2N5O4S. The highest BCUT2D eigenvalue weighted by molar-refractivity contribution is 7.92. The van der Waals surface area contributed by atoms with E-state index in [9.17, 15) is 22.0 Å². The van der Waals surface area contributed by atoms with Gasteiger partial charge in [-0.05, 0) is 59.9 Å². The maximum Gasteiger partial charge on any atom is 0.338 e. The Labute approximate surface area is 280 Å². The maximum atomic E-state index is 13.8. The molecule has 0 amide bonds. The summed E-state index contributed by atoms with van der Waals surface area (Å²) in [5, 5.41) is 3.08. The van der Waals surface area contributed by atoms with Crippen LogP contribution in [-0.2, 0) is 41.2 Å². The minimum absolute atomic E-state index is 0. The van der Waals surface area contributed by atoms with Crippen LogP contribution in [0.25, 0.3) is 0 Å². The van der Waals surface area contributed by atoms with Crippen molar-refractivity contribution in [2.45, 2.75) is 43.5 Å². The Bertz CT molecular complexity index is 1640. The molecule has 3 aromatic carbocycles. The quantitative estimate of drug-likeness (QED) is 0.163. The number of hydrogen-bond donors (Lipinski definition) is 3. The molecule has 4 N–H and O–H groups in total. The van der Waals surface area contributed by atoms with Gasteiger partial charge in [-0.3, -0.25) is 4.72 Å². The van der Waals surface area contributed by atoms with Gasteiger partial charge in [-0.2, -0.15) is 8.42 Å². The minimum Gasteiger partial charge on any atom is -0.456 e. The lowest BCUT2D eigenvalue weighted by molar-refractivity contribution is 0.0238. The average molecular weight is 707 g/mol. The van der Waals surface area contributed by atoms with Crippen LogP contribution in [-0.4, -0.2) is 42.6 Å². The molecule has 0 saturated carbocycles. The van der Waals surface area contributed by atoms with Gasteiger partial charge in [0.2, 0.25) is 0 Å². The third-order valence-electron chi connectivity index (χ3n) is 6.51. The van der Waals surface area contributed by atoms with Gasteiger partial charge in [0.1, 0.15) is 17.7 Å². The van der Waals surface area contributed by atoms with Crippen molar-refractivity contribution in [1.82, 2.24) is 14.9 Å². The Hall–Kier alpha value is -3.26. The molecule has 2 unspecified atom stereocenters. The summed E-state index contributed by atoms with van der Waals surface area (Å²) in [5.74, 6) is -2.20. The second-order valence-electron chi connectivity index (χ2n) is 9.96. The molecule has 1 aromatic heterocycles. The van der Waals surface area contributed by atoms with E-state index in [2.05, 4.69) is 28.0 Å². The van der Waals surface area contributed by atoms with Crippen molar-refractivity contribution in [1.29, 1.82) is 0 Å². The number of benzene rings is 3. The second kappa shape index (κ2) is 18.0. The summed E-state index contributed by atoms with van der Waals surface area (Å²) in [5.41, 5.74) is 9.18. The number of aryl methyl sites for hydroxylation is 2. The summed E-state index contributed by atoms with van der Waals surface area (Å²) in [7, 11) is -2.34. The van der Waals surface area contributed by atoms with E-state index in [1.54, 1.807) is 7.05 Å². The highest BCUT2D eigenvalue weighted by atomic mass is 35.5. The van der Waals surface area contributed by atoms with Crippen LogP contribution in [0.15, 0.2) is 84.3 Å². The minimum atomic E-state index is -3.98. The predicted octanol–water partition coefficient (Wildman–Crippen LogP) is 5.21. The van der Waals surface area contributed by atoms with E-state index in [4.69, 9.17) is 10.5 Å². The lowest BCUT2D eigenvalue weighted by Gasteiger charge is -2.25. The van der Waals surface area contributed by atoms with E-state index >= 15 is 0 Å². The molecule has 0 radical (unpaired) electrons. The summed E-state index contributed by atoms with van der Waals surface area (Å²) in [6.45, 7) is 2.70. The number of carbonyl (C=O) groups is 1. The van der Waals surface area contributed by atoms with Crippen LogP contribution in [0.1, 0.15) is 34.0 Å². The Morgan fingerprint density at radius 2 is 1.64 bits per heavy atom. The summed E-state index contributed by atoms with van der Waals surface area (Å²) in [4.78, 5) is 17.1. The number of halogens is 5. The van der Waals surface area contributed by atoms with E-state index in [1.165, 1.54) is 59.1 Å². The molecule has 246 valence electrons. The number of imidazole rings is 1. The van der Waals surface area contributed by atoms with Crippen LogP contribution in [0.4, 0.5) is 14.5 Å². The van der Waals surface area contributed by atoms with Crippen molar-refractivity contribution in [3.05, 3.63) is 113 Å². The monoisotopic (exact) mass is 705 g/mol. The molecule has 1 heterocycles. The normalized spacial score (nSPS) is 12.1. The molecule has 0 spiro atoms. The topological polar surface area (TPSA) is 128 Å². The van der Waals surface area contributed by atoms with Crippen molar-refractivity contribution < 1.29 is 26.7 Å². The number of ether oxygens (including phenoxy) is 1. The molecule has 0 aliphatic rings. The van der Waals surface area contributed by atoms with E-state index in [0.717, 1.165) is 18.1 Å². The van der Waals surface area contributed by atoms with E-state index in [1.807, 2.05) is 18.2 Å². The molecule has 0 fully saturated rings. The molecular weight excluding hydrogens is 671 g/mol. The predicted molar refractivity (Wildman–Crippen MR) is 177 cm³/mol. The summed E-state index contributed by atoms with van der Waals surface area (Å²) in [6.07, 6.45) is 2.76. The van der Waals surface area contributed by atoms with E-state index in [0.29, 0.717) is 12.1 Å². The zero-order valence-corrected chi connectivity index (χ0v) is 27.7. The maximum absolute atomic E-state index is 13.8. The number of nitrogens with one attached hydrogen (secondary N) is 2. The number of nitrogens with two attached hydrogens (primary N) is 1. The first-order valence-corrected chi connectivity index (χ1v) is 14.8. The van der Waals surface area contributed by atoms with Gasteiger partial charge in [-0.25, -0.2) is 18.6 Å². The van der Waals surface area contributed by atoms with Crippen LogP contribution in [0.2, 0.25) is 0 Å². The van der Waals surface area contributed by atoms with Crippen molar-refractivity contribution >= 4 is 58.9 Å². The first-order valence-electron chi connectivity index (χ1n) is 13.3. The van der Waals surface area contributed by atoms with Gasteiger partial charge in [-0.1, -0.05) is 37.3 Å². The Morgan fingerprint density at radius 3 is 2.29 bits per heavy atom. The van der Waals surface area contributed by atoms with Crippen LogP contribution in [0.5, 0.6) is 0 Å². The van der Waals surface area contributed by atoms with E-state index < -0.39 is 39.8 Å². The number of carbonyl (C=O) groups excluding carboxylic acids is 1. The SMILES string of the molecule is CCc1cccc(CNCC(OC(=O)c2cccc(NS(=O)(=O)c3cn(C)cn3)c2)C(N)Cc2cc(F)cc(F)c2)c1.Cl.Cl.Cl. The molecule has 4 rings (SSSR count). The Kier molecular flexibility index (Phi) is 15.9. The first kappa shape index (κ1) is 39.8. The van der Waals surface area contributed by atoms with Crippen LogP contribution in [0.3, 0.4) is 0 Å². The molecule has 0 saturated heterocycles. The number of anilines is 1. The fraction of sp³-hybridized carbons (Fsp3) is 0.267. The Balaban J connectivity index is 0.00000337. The molecule has 0 aliphatic carbocycles. The largest absolute Gasteiger partial charge is 0.456 e. The standard InChI is InChI=1S/C30H33F2N5O4S.3ClH/c1-3-20-6-4-7-21(10-20)16-34-17-28(27(33)13-22-11-24(31)15-25(32)12-22)41-30(38)23-8-5-9-26(14-23)36-42(39,40)29-18-37(2)19-35-29;;;/h4-12,14-15,18-19,27-28,34,36H,3,13,16-17,33H2,1-2H3;3*1H. The smallest absolute Gasteiger partial charge is 0.338 e. The van der Waals surface area contributed by atoms with Crippen LogP contribution < -0.4 is 15.8 Å². The number of rotatable bonds is 13. The van der Waals surface area contributed by atoms with Crippen LogP contribution in [0, 0.1) is 11.6 Å². The molecule has 15 heteroatoms. The Morgan fingerprint density at radius 1 is 0.978 bits per heavy atom. The lowest BCUT2D eigenvalue weighted by atomic mass is 10.0. The van der Waals surface area contributed by atoms with Crippen molar-refractivity contribution in [2.75, 3.05) is 11.3 Å². The van der Waals surface area contributed by atoms with Crippen molar-refractivity contribution in [3.63, 3.8) is 0 Å². The van der Waals surface area contributed by atoms with Gasteiger partial charge < -0.3 is 20.4 Å². The zero-order chi connectivity index (χ0) is 30.3. The second-order valence-corrected chi connectivity index (χ2v) is 11.6. The summed E-state index contributed by atoms with van der Waals surface area (Å²) in [6, 6.07) is 16.2.